The summed E-state index contributed by atoms with van der Waals surface area (Å²) in [6.07, 6.45) is 5.06. The summed E-state index contributed by atoms with van der Waals surface area (Å²) in [5.74, 6) is 1.60. The Kier molecular flexibility index (Phi) is 5.21. The number of aryl methyl sites for hydroxylation is 1. The number of hydrogen-bond donors (Lipinski definition) is 1. The molecule has 1 aromatic heterocycles. The highest BCUT2D eigenvalue weighted by molar-refractivity contribution is 6.29. The SMILES string of the molecule is COc1ccc(C)cc1C1(CNc2cncc(Cl)n2)CCOCC1. The lowest BCUT2D eigenvalue weighted by molar-refractivity contribution is 0.0535. The molecular weight excluding hydrogens is 326 g/mol. The van der Waals surface area contributed by atoms with Crippen LogP contribution in [0.3, 0.4) is 0 Å². The van der Waals surface area contributed by atoms with Crippen molar-refractivity contribution >= 4 is 17.4 Å². The Balaban J connectivity index is 1.91. The second-order valence-corrected chi connectivity index (χ2v) is 6.56. The third-order valence-electron chi connectivity index (χ3n) is 4.59. The van der Waals surface area contributed by atoms with Gasteiger partial charge in [-0.3, -0.25) is 4.98 Å². The van der Waals surface area contributed by atoms with E-state index in [0.29, 0.717) is 11.0 Å². The van der Waals surface area contributed by atoms with Crippen molar-refractivity contribution in [2.45, 2.75) is 25.2 Å². The first-order chi connectivity index (χ1) is 11.6. The van der Waals surface area contributed by atoms with Crippen LogP contribution in [0.25, 0.3) is 0 Å². The van der Waals surface area contributed by atoms with Gasteiger partial charge in [0.1, 0.15) is 16.7 Å². The Morgan fingerprint density at radius 1 is 1.29 bits per heavy atom. The Labute approximate surface area is 147 Å². The van der Waals surface area contributed by atoms with Crippen LogP contribution in [0.1, 0.15) is 24.0 Å². The summed E-state index contributed by atoms with van der Waals surface area (Å²) in [4.78, 5) is 8.36. The molecule has 24 heavy (non-hydrogen) atoms. The van der Waals surface area contributed by atoms with Gasteiger partial charge >= 0.3 is 0 Å². The van der Waals surface area contributed by atoms with E-state index in [1.54, 1.807) is 13.3 Å². The van der Waals surface area contributed by atoms with E-state index in [4.69, 9.17) is 21.1 Å². The fourth-order valence-electron chi connectivity index (χ4n) is 3.23. The van der Waals surface area contributed by atoms with Crippen molar-refractivity contribution in [2.24, 2.45) is 0 Å². The Hall–Kier alpha value is -1.85. The molecule has 5 nitrogen and oxygen atoms in total. The molecular formula is C18H22ClN3O2. The van der Waals surface area contributed by atoms with Gasteiger partial charge in [-0.05, 0) is 25.8 Å². The number of anilines is 1. The fraction of sp³-hybridized carbons (Fsp3) is 0.444. The van der Waals surface area contributed by atoms with Gasteiger partial charge in [0.2, 0.25) is 0 Å². The van der Waals surface area contributed by atoms with Crippen LogP contribution in [0.2, 0.25) is 5.15 Å². The monoisotopic (exact) mass is 347 g/mol. The first kappa shape index (κ1) is 17.0. The molecule has 0 aliphatic carbocycles. The second-order valence-electron chi connectivity index (χ2n) is 6.18. The minimum Gasteiger partial charge on any atom is -0.496 e. The molecule has 0 amide bonds. The summed E-state index contributed by atoms with van der Waals surface area (Å²) in [6, 6.07) is 6.34. The molecule has 1 fully saturated rings. The lowest BCUT2D eigenvalue weighted by atomic mass is 9.73. The smallest absolute Gasteiger partial charge is 0.149 e. The molecule has 0 unspecified atom stereocenters. The Morgan fingerprint density at radius 3 is 2.79 bits per heavy atom. The average Bonchev–Trinajstić information content (AvgIpc) is 2.61. The number of ether oxygens (including phenoxy) is 2. The topological polar surface area (TPSA) is 56.3 Å². The van der Waals surface area contributed by atoms with Crippen LogP contribution in [0.5, 0.6) is 5.75 Å². The van der Waals surface area contributed by atoms with Crippen LogP contribution in [0.15, 0.2) is 30.6 Å². The van der Waals surface area contributed by atoms with E-state index >= 15 is 0 Å². The van der Waals surface area contributed by atoms with Gasteiger partial charge in [0, 0.05) is 30.7 Å². The van der Waals surface area contributed by atoms with E-state index in [-0.39, 0.29) is 5.41 Å². The van der Waals surface area contributed by atoms with Crippen molar-refractivity contribution in [3.63, 3.8) is 0 Å². The summed E-state index contributed by atoms with van der Waals surface area (Å²) in [6.45, 7) is 4.30. The first-order valence-corrected chi connectivity index (χ1v) is 8.45. The molecule has 1 aliphatic heterocycles. The molecule has 2 aromatic rings. The maximum atomic E-state index is 5.93. The van der Waals surface area contributed by atoms with E-state index in [9.17, 15) is 0 Å². The molecule has 1 aromatic carbocycles. The van der Waals surface area contributed by atoms with Crippen molar-refractivity contribution < 1.29 is 9.47 Å². The largest absolute Gasteiger partial charge is 0.496 e. The summed E-state index contributed by atoms with van der Waals surface area (Å²) >= 11 is 5.93. The van der Waals surface area contributed by atoms with Gasteiger partial charge in [-0.15, -0.1) is 0 Å². The van der Waals surface area contributed by atoms with Gasteiger partial charge < -0.3 is 14.8 Å². The quantitative estimate of drug-likeness (QED) is 0.895. The minimum absolute atomic E-state index is 0.0698. The molecule has 3 rings (SSSR count). The predicted molar refractivity (Wildman–Crippen MR) is 95.0 cm³/mol. The predicted octanol–water partition coefficient (Wildman–Crippen LogP) is 3.61. The average molecular weight is 348 g/mol. The van der Waals surface area contributed by atoms with Gasteiger partial charge in [-0.1, -0.05) is 29.3 Å². The molecule has 6 heteroatoms. The van der Waals surface area contributed by atoms with Crippen LogP contribution < -0.4 is 10.1 Å². The van der Waals surface area contributed by atoms with Crippen LogP contribution in [0, 0.1) is 6.92 Å². The molecule has 0 bridgehead atoms. The molecule has 0 saturated carbocycles. The molecule has 0 spiro atoms. The summed E-state index contributed by atoms with van der Waals surface area (Å²) in [5.41, 5.74) is 2.37. The highest BCUT2D eigenvalue weighted by Crippen LogP contribution is 2.40. The van der Waals surface area contributed by atoms with Gasteiger partial charge in [-0.2, -0.15) is 0 Å². The second kappa shape index (κ2) is 7.36. The number of rotatable bonds is 5. The van der Waals surface area contributed by atoms with Crippen LogP contribution in [-0.4, -0.2) is 36.8 Å². The third kappa shape index (κ3) is 3.62. The van der Waals surface area contributed by atoms with Gasteiger partial charge in [0.15, 0.2) is 0 Å². The van der Waals surface area contributed by atoms with Gasteiger partial charge in [0.05, 0.1) is 19.5 Å². The number of nitrogens with one attached hydrogen (secondary N) is 1. The standard InChI is InChI=1S/C18H22ClN3O2/c1-13-3-4-15(23-2)14(9-13)18(5-7-24-8-6-18)12-21-17-11-20-10-16(19)22-17/h3-4,9-11H,5-8,12H2,1-2H3,(H,21,22). The van der Waals surface area contributed by atoms with Crippen LogP contribution >= 0.6 is 11.6 Å². The molecule has 1 aliphatic rings. The van der Waals surface area contributed by atoms with Crippen molar-refractivity contribution in [1.29, 1.82) is 0 Å². The van der Waals surface area contributed by atoms with Gasteiger partial charge in [-0.25, -0.2) is 4.98 Å². The van der Waals surface area contributed by atoms with E-state index in [1.807, 2.05) is 6.07 Å². The number of halogens is 1. The number of aromatic nitrogens is 2. The fourth-order valence-corrected chi connectivity index (χ4v) is 3.37. The summed E-state index contributed by atoms with van der Waals surface area (Å²) in [7, 11) is 1.72. The molecule has 0 radical (unpaired) electrons. The number of methoxy groups -OCH3 is 1. The lowest BCUT2D eigenvalue weighted by Gasteiger charge is -2.39. The molecule has 1 N–H and O–H groups in total. The normalized spacial score (nSPS) is 16.6. The summed E-state index contributed by atoms with van der Waals surface area (Å²) in [5, 5.41) is 3.78. The molecule has 2 heterocycles. The first-order valence-electron chi connectivity index (χ1n) is 8.07. The highest BCUT2D eigenvalue weighted by atomic mass is 35.5. The lowest BCUT2D eigenvalue weighted by Crippen LogP contribution is -2.40. The van der Waals surface area contributed by atoms with Crippen molar-refractivity contribution in [3.05, 3.63) is 46.9 Å². The number of hydrogen-bond acceptors (Lipinski definition) is 5. The van der Waals surface area contributed by atoms with Crippen LogP contribution in [-0.2, 0) is 10.2 Å². The Bertz CT molecular complexity index is 702. The van der Waals surface area contributed by atoms with Crippen LogP contribution in [0.4, 0.5) is 5.82 Å². The molecule has 0 atom stereocenters. The number of nitrogens with zero attached hydrogens (tertiary/aromatic N) is 2. The zero-order valence-electron chi connectivity index (χ0n) is 14.0. The highest BCUT2D eigenvalue weighted by Gasteiger charge is 2.37. The zero-order chi connectivity index (χ0) is 17.0. The molecule has 1 saturated heterocycles. The summed E-state index contributed by atoms with van der Waals surface area (Å²) < 4.78 is 11.2. The molecule has 128 valence electrons. The Morgan fingerprint density at radius 2 is 2.08 bits per heavy atom. The third-order valence-corrected chi connectivity index (χ3v) is 4.77. The van der Waals surface area contributed by atoms with E-state index in [2.05, 4.69) is 34.3 Å². The van der Waals surface area contributed by atoms with E-state index in [1.165, 1.54) is 17.3 Å². The number of benzene rings is 1. The van der Waals surface area contributed by atoms with Crippen molar-refractivity contribution in [2.75, 3.05) is 32.2 Å². The van der Waals surface area contributed by atoms with Gasteiger partial charge in [0.25, 0.3) is 0 Å². The van der Waals surface area contributed by atoms with Crippen molar-refractivity contribution in [3.8, 4) is 5.75 Å². The van der Waals surface area contributed by atoms with Crippen molar-refractivity contribution in [1.82, 2.24) is 9.97 Å². The maximum absolute atomic E-state index is 5.93. The maximum Gasteiger partial charge on any atom is 0.149 e. The minimum atomic E-state index is -0.0698. The zero-order valence-corrected chi connectivity index (χ0v) is 14.8. The van der Waals surface area contributed by atoms with E-state index < -0.39 is 0 Å². The van der Waals surface area contributed by atoms with E-state index in [0.717, 1.165) is 38.3 Å².